The van der Waals surface area contributed by atoms with Crippen LogP contribution < -0.4 is 16.0 Å². The zero-order valence-corrected chi connectivity index (χ0v) is 14.9. The molecule has 0 bridgehead atoms. The molecule has 2 N–H and O–H groups in total. The molecule has 0 aliphatic rings. The van der Waals surface area contributed by atoms with E-state index in [0.29, 0.717) is 10.4 Å². The molecule has 0 spiro atoms. The van der Waals surface area contributed by atoms with Gasteiger partial charge in [0.1, 0.15) is 5.75 Å². The minimum atomic E-state index is -0.0746. The van der Waals surface area contributed by atoms with Gasteiger partial charge in [-0.3, -0.25) is 4.79 Å². The lowest BCUT2D eigenvalue weighted by molar-refractivity contribution is 0.415. The van der Waals surface area contributed by atoms with E-state index in [1.165, 1.54) is 0 Å². The van der Waals surface area contributed by atoms with Crippen molar-refractivity contribution < 1.29 is 4.74 Å². The highest BCUT2D eigenvalue weighted by Crippen LogP contribution is 2.32. The van der Waals surface area contributed by atoms with Gasteiger partial charge in [-0.15, -0.1) is 12.4 Å². The van der Waals surface area contributed by atoms with Crippen molar-refractivity contribution in [3.05, 3.63) is 63.5 Å². The Balaban J connectivity index is 0.00000208. The number of hydrogen-bond acceptors (Lipinski definition) is 3. The monoisotopic (exact) mass is 364 g/mol. The zero-order chi connectivity index (χ0) is 16.6. The molecule has 0 atom stereocenters. The molecule has 0 aliphatic heterocycles. The van der Waals surface area contributed by atoms with E-state index >= 15 is 0 Å². The zero-order valence-electron chi connectivity index (χ0n) is 13.4. The Morgan fingerprint density at radius 1 is 1.12 bits per heavy atom. The first-order chi connectivity index (χ1) is 11.1. The van der Waals surface area contributed by atoms with Gasteiger partial charge in [-0.05, 0) is 41.3 Å². The van der Waals surface area contributed by atoms with Crippen LogP contribution in [0.2, 0.25) is 5.02 Å². The van der Waals surface area contributed by atoms with Gasteiger partial charge in [-0.1, -0.05) is 23.7 Å². The molecular formula is C18H18Cl2N2O2. The molecule has 6 heteroatoms. The van der Waals surface area contributed by atoms with Crippen LogP contribution in [0.15, 0.2) is 47.3 Å². The highest BCUT2D eigenvalue weighted by atomic mass is 35.5. The second kappa shape index (κ2) is 7.26. The number of halogens is 2. The predicted molar refractivity (Wildman–Crippen MR) is 101 cm³/mol. The Kier molecular flexibility index (Phi) is 5.54. The molecule has 24 heavy (non-hydrogen) atoms. The van der Waals surface area contributed by atoms with Gasteiger partial charge in [0.15, 0.2) is 0 Å². The number of nitrogens with zero attached hydrogens (tertiary/aromatic N) is 1. The number of nitrogens with two attached hydrogens (primary N) is 1. The minimum absolute atomic E-state index is 0. The van der Waals surface area contributed by atoms with Crippen LogP contribution in [0.1, 0.15) is 5.69 Å². The lowest BCUT2D eigenvalue weighted by atomic mass is 9.96. The molecule has 1 heterocycles. The molecule has 2 aromatic carbocycles. The van der Waals surface area contributed by atoms with Crippen molar-refractivity contribution in [2.45, 2.75) is 6.54 Å². The average Bonchev–Trinajstić information content (AvgIpc) is 2.58. The number of benzene rings is 2. The van der Waals surface area contributed by atoms with Gasteiger partial charge in [-0.25, -0.2) is 0 Å². The van der Waals surface area contributed by atoms with Gasteiger partial charge in [0.25, 0.3) is 5.56 Å². The summed E-state index contributed by atoms with van der Waals surface area (Å²) < 4.78 is 6.82. The maximum atomic E-state index is 12.5. The van der Waals surface area contributed by atoms with Gasteiger partial charge in [0.05, 0.1) is 7.11 Å². The van der Waals surface area contributed by atoms with Crippen molar-refractivity contribution in [3.8, 4) is 16.9 Å². The Bertz CT molecular complexity index is 934. The van der Waals surface area contributed by atoms with E-state index in [-0.39, 0.29) is 24.5 Å². The fourth-order valence-corrected chi connectivity index (χ4v) is 3.03. The molecule has 0 aliphatic carbocycles. The fourth-order valence-electron chi connectivity index (χ4n) is 2.86. The second-order valence-corrected chi connectivity index (χ2v) is 5.74. The maximum absolute atomic E-state index is 12.5. The average molecular weight is 365 g/mol. The standard InChI is InChI=1S/C18H17ClN2O2.ClH/c1-21-16(10-20)17(11-3-6-13(23-2)7-4-11)15-9-12(19)5-8-14(15)18(21)22;/h3-9H,10,20H2,1-2H3;1H. The highest BCUT2D eigenvalue weighted by molar-refractivity contribution is 6.31. The molecule has 0 radical (unpaired) electrons. The summed E-state index contributed by atoms with van der Waals surface area (Å²) in [6.45, 7) is 0.259. The highest BCUT2D eigenvalue weighted by Gasteiger charge is 2.15. The van der Waals surface area contributed by atoms with Crippen LogP contribution in [0.25, 0.3) is 21.9 Å². The van der Waals surface area contributed by atoms with Gasteiger partial charge < -0.3 is 15.0 Å². The smallest absolute Gasteiger partial charge is 0.258 e. The molecule has 126 valence electrons. The van der Waals surface area contributed by atoms with E-state index in [4.69, 9.17) is 22.1 Å². The van der Waals surface area contributed by atoms with Crippen molar-refractivity contribution in [1.82, 2.24) is 4.57 Å². The molecule has 0 saturated heterocycles. The van der Waals surface area contributed by atoms with E-state index in [1.54, 1.807) is 30.9 Å². The Morgan fingerprint density at radius 2 is 1.79 bits per heavy atom. The van der Waals surface area contributed by atoms with Crippen molar-refractivity contribution in [2.75, 3.05) is 7.11 Å². The van der Waals surface area contributed by atoms with Crippen LogP contribution in [0.4, 0.5) is 0 Å². The first kappa shape index (κ1) is 18.3. The van der Waals surface area contributed by atoms with Crippen LogP contribution in [0.5, 0.6) is 5.75 Å². The van der Waals surface area contributed by atoms with E-state index in [1.807, 2.05) is 30.3 Å². The number of ether oxygens (including phenoxy) is 1. The van der Waals surface area contributed by atoms with E-state index in [2.05, 4.69) is 0 Å². The summed E-state index contributed by atoms with van der Waals surface area (Å²) in [5, 5.41) is 2.02. The maximum Gasteiger partial charge on any atom is 0.258 e. The summed E-state index contributed by atoms with van der Waals surface area (Å²) in [4.78, 5) is 12.5. The third-order valence-corrected chi connectivity index (χ3v) is 4.29. The molecule has 1 aromatic heterocycles. The van der Waals surface area contributed by atoms with Crippen LogP contribution in [-0.2, 0) is 13.6 Å². The number of methoxy groups -OCH3 is 1. The van der Waals surface area contributed by atoms with Gasteiger partial charge in [0.2, 0.25) is 0 Å². The van der Waals surface area contributed by atoms with Crippen LogP contribution in [0.3, 0.4) is 0 Å². The summed E-state index contributed by atoms with van der Waals surface area (Å²) in [5.74, 6) is 0.773. The first-order valence-corrected chi connectivity index (χ1v) is 7.60. The summed E-state index contributed by atoms with van der Waals surface area (Å²) in [5.41, 5.74) is 8.52. The Labute approximate surface area is 151 Å². The Morgan fingerprint density at radius 3 is 2.38 bits per heavy atom. The van der Waals surface area contributed by atoms with Crippen molar-refractivity contribution in [2.24, 2.45) is 12.8 Å². The largest absolute Gasteiger partial charge is 0.497 e. The second-order valence-electron chi connectivity index (χ2n) is 5.31. The molecule has 0 unspecified atom stereocenters. The van der Waals surface area contributed by atoms with Crippen molar-refractivity contribution in [1.29, 1.82) is 0 Å². The van der Waals surface area contributed by atoms with E-state index in [0.717, 1.165) is 28.0 Å². The molecule has 4 nitrogen and oxygen atoms in total. The number of rotatable bonds is 3. The lowest BCUT2D eigenvalue weighted by Crippen LogP contribution is -2.23. The summed E-state index contributed by atoms with van der Waals surface area (Å²) in [7, 11) is 3.37. The van der Waals surface area contributed by atoms with Crippen molar-refractivity contribution >= 4 is 34.8 Å². The molecular weight excluding hydrogens is 347 g/mol. The lowest BCUT2D eigenvalue weighted by Gasteiger charge is -2.17. The predicted octanol–water partition coefficient (Wildman–Crippen LogP) is 3.75. The van der Waals surface area contributed by atoms with Gasteiger partial charge in [0, 0.05) is 35.3 Å². The van der Waals surface area contributed by atoms with Crippen LogP contribution in [0, 0.1) is 0 Å². The van der Waals surface area contributed by atoms with Crippen molar-refractivity contribution in [3.63, 3.8) is 0 Å². The first-order valence-electron chi connectivity index (χ1n) is 7.22. The summed E-state index contributed by atoms with van der Waals surface area (Å²) in [6.07, 6.45) is 0. The molecule has 0 amide bonds. The third-order valence-electron chi connectivity index (χ3n) is 4.05. The van der Waals surface area contributed by atoms with E-state index in [9.17, 15) is 4.79 Å². The third kappa shape index (κ3) is 3.00. The van der Waals surface area contributed by atoms with E-state index < -0.39 is 0 Å². The van der Waals surface area contributed by atoms with Gasteiger partial charge in [-0.2, -0.15) is 0 Å². The quantitative estimate of drug-likeness (QED) is 0.769. The molecule has 3 aromatic rings. The van der Waals surface area contributed by atoms with Crippen LogP contribution in [-0.4, -0.2) is 11.7 Å². The fraction of sp³-hybridized carbons (Fsp3) is 0.167. The minimum Gasteiger partial charge on any atom is -0.497 e. The SMILES string of the molecule is COc1ccc(-c2c(CN)n(C)c(=O)c3ccc(Cl)cc23)cc1.Cl. The number of pyridine rings is 1. The van der Waals surface area contributed by atoms with Gasteiger partial charge >= 0.3 is 0 Å². The number of aromatic nitrogens is 1. The summed E-state index contributed by atoms with van der Waals surface area (Å²) in [6, 6.07) is 13.0. The molecule has 3 rings (SSSR count). The van der Waals surface area contributed by atoms with Crippen LogP contribution >= 0.6 is 24.0 Å². The number of fused-ring (bicyclic) bond motifs is 1. The molecule has 0 fully saturated rings. The Hall–Kier alpha value is -2.01. The topological polar surface area (TPSA) is 57.2 Å². The normalized spacial score (nSPS) is 10.5. The number of hydrogen-bond donors (Lipinski definition) is 1. The summed E-state index contributed by atoms with van der Waals surface area (Å²) >= 11 is 6.15. The molecule has 0 saturated carbocycles.